The number of hydrogen-bond donors (Lipinski definition) is 0. The maximum absolute atomic E-state index is 12.9. The molecule has 0 spiro atoms. The number of nitrogens with zero attached hydrogens (tertiary/aromatic N) is 3. The Labute approximate surface area is 168 Å². The van der Waals surface area contributed by atoms with E-state index in [-0.39, 0.29) is 18.1 Å². The van der Waals surface area contributed by atoms with Crippen LogP contribution >= 0.6 is 0 Å². The van der Waals surface area contributed by atoms with E-state index < -0.39 is 10.0 Å². The summed E-state index contributed by atoms with van der Waals surface area (Å²) in [5.74, 6) is 0.0902. The van der Waals surface area contributed by atoms with Crippen LogP contribution in [0.1, 0.15) is 25.0 Å². The van der Waals surface area contributed by atoms with Crippen LogP contribution in [0.5, 0.6) is 0 Å². The summed E-state index contributed by atoms with van der Waals surface area (Å²) in [5.41, 5.74) is 2.05. The van der Waals surface area contributed by atoms with Gasteiger partial charge in [-0.15, -0.1) is 0 Å². The van der Waals surface area contributed by atoms with Gasteiger partial charge in [0.15, 0.2) is 0 Å². The van der Waals surface area contributed by atoms with E-state index >= 15 is 0 Å². The first-order valence-electron chi connectivity index (χ1n) is 9.90. The third kappa shape index (κ3) is 4.74. The van der Waals surface area contributed by atoms with Crippen molar-refractivity contribution < 1.29 is 17.9 Å². The zero-order valence-corrected chi connectivity index (χ0v) is 18.0. The summed E-state index contributed by atoms with van der Waals surface area (Å²) in [6, 6.07) is 5.26. The van der Waals surface area contributed by atoms with E-state index in [1.807, 2.05) is 43.6 Å². The molecule has 2 saturated heterocycles. The highest BCUT2D eigenvalue weighted by Gasteiger charge is 2.31. The number of sulfonamides is 1. The molecule has 2 aliphatic rings. The van der Waals surface area contributed by atoms with Gasteiger partial charge in [-0.2, -0.15) is 4.31 Å². The molecule has 0 unspecified atom stereocenters. The zero-order valence-electron chi connectivity index (χ0n) is 17.2. The third-order valence-electron chi connectivity index (χ3n) is 5.58. The smallest absolute Gasteiger partial charge is 0.243 e. The van der Waals surface area contributed by atoms with Crippen LogP contribution in [0.3, 0.4) is 0 Å². The number of benzene rings is 1. The van der Waals surface area contributed by atoms with Gasteiger partial charge in [0, 0.05) is 39.3 Å². The van der Waals surface area contributed by atoms with Crippen molar-refractivity contribution in [1.82, 2.24) is 14.1 Å². The van der Waals surface area contributed by atoms with Gasteiger partial charge < -0.3 is 9.64 Å². The Morgan fingerprint density at radius 2 is 1.64 bits per heavy atom. The predicted octanol–water partition coefficient (Wildman–Crippen LogP) is 1.25. The van der Waals surface area contributed by atoms with Crippen molar-refractivity contribution >= 4 is 15.9 Å². The van der Waals surface area contributed by atoms with E-state index in [9.17, 15) is 13.2 Å². The normalized spacial score (nSPS) is 25.1. The monoisotopic (exact) mass is 409 g/mol. The molecule has 2 heterocycles. The van der Waals surface area contributed by atoms with E-state index in [1.54, 1.807) is 12.1 Å². The molecule has 0 radical (unpaired) electrons. The van der Waals surface area contributed by atoms with E-state index in [2.05, 4.69) is 0 Å². The summed E-state index contributed by atoms with van der Waals surface area (Å²) in [5, 5.41) is 0. The summed E-state index contributed by atoms with van der Waals surface area (Å²) in [7, 11) is -3.49. The predicted molar refractivity (Wildman–Crippen MR) is 108 cm³/mol. The summed E-state index contributed by atoms with van der Waals surface area (Å²) in [4.78, 5) is 16.9. The summed E-state index contributed by atoms with van der Waals surface area (Å²) in [6.45, 7) is 11.3. The standard InChI is InChI=1S/C20H31N3O4S/c1-15-5-6-19(11-16(15)2)28(25,26)23-9-7-21(8-10-23)14-20(24)22-12-17(3)27-18(4)13-22/h5-6,11,17-18H,7-10,12-14H2,1-4H3/t17-,18+. The average Bonchev–Trinajstić information content (AvgIpc) is 2.63. The number of carbonyl (C=O) groups is 1. The number of carbonyl (C=O) groups excluding carboxylic acids is 1. The Morgan fingerprint density at radius 3 is 2.21 bits per heavy atom. The molecular formula is C20H31N3O4S. The number of rotatable bonds is 4. The second-order valence-electron chi connectivity index (χ2n) is 7.98. The molecule has 1 aromatic rings. The molecule has 2 atom stereocenters. The molecule has 1 amide bonds. The molecular weight excluding hydrogens is 378 g/mol. The zero-order chi connectivity index (χ0) is 20.5. The SMILES string of the molecule is Cc1ccc(S(=O)(=O)N2CCN(CC(=O)N3C[C@@H](C)O[C@@H](C)C3)CC2)cc1C. The second-order valence-corrected chi connectivity index (χ2v) is 9.92. The number of aryl methyl sites for hydroxylation is 2. The molecule has 1 aromatic carbocycles. The Kier molecular flexibility index (Phi) is 6.44. The minimum atomic E-state index is -3.49. The second kappa shape index (κ2) is 8.49. The molecule has 3 rings (SSSR count). The molecule has 7 nitrogen and oxygen atoms in total. The van der Waals surface area contributed by atoms with E-state index in [0.29, 0.717) is 50.7 Å². The van der Waals surface area contributed by atoms with Crippen LogP contribution in [0.25, 0.3) is 0 Å². The van der Waals surface area contributed by atoms with Gasteiger partial charge in [-0.05, 0) is 51.0 Å². The van der Waals surface area contributed by atoms with E-state index in [1.165, 1.54) is 4.31 Å². The average molecular weight is 410 g/mol. The molecule has 8 heteroatoms. The van der Waals surface area contributed by atoms with Gasteiger partial charge in [0.25, 0.3) is 0 Å². The minimum Gasteiger partial charge on any atom is -0.372 e. The van der Waals surface area contributed by atoms with Crippen molar-refractivity contribution in [3.63, 3.8) is 0 Å². The largest absolute Gasteiger partial charge is 0.372 e. The van der Waals surface area contributed by atoms with Crippen molar-refractivity contribution in [1.29, 1.82) is 0 Å². The molecule has 0 N–H and O–H groups in total. The van der Waals surface area contributed by atoms with Crippen molar-refractivity contribution in [2.75, 3.05) is 45.8 Å². The maximum Gasteiger partial charge on any atom is 0.243 e. The number of piperazine rings is 1. The highest BCUT2D eigenvalue weighted by molar-refractivity contribution is 7.89. The lowest BCUT2D eigenvalue weighted by Crippen LogP contribution is -2.54. The molecule has 0 bridgehead atoms. The topological polar surface area (TPSA) is 70.2 Å². The van der Waals surface area contributed by atoms with Crippen LogP contribution in [-0.4, -0.2) is 86.5 Å². The van der Waals surface area contributed by atoms with Crippen molar-refractivity contribution in [3.05, 3.63) is 29.3 Å². The molecule has 0 aliphatic carbocycles. The fraction of sp³-hybridized carbons (Fsp3) is 0.650. The Balaban J connectivity index is 1.56. The van der Waals surface area contributed by atoms with Gasteiger partial charge in [0.05, 0.1) is 23.6 Å². The highest BCUT2D eigenvalue weighted by Crippen LogP contribution is 2.20. The van der Waals surface area contributed by atoms with Crippen LogP contribution in [0, 0.1) is 13.8 Å². The van der Waals surface area contributed by atoms with Gasteiger partial charge in [-0.3, -0.25) is 9.69 Å². The van der Waals surface area contributed by atoms with Gasteiger partial charge in [0.2, 0.25) is 15.9 Å². The fourth-order valence-corrected chi connectivity index (χ4v) is 5.33. The summed E-state index contributed by atoms with van der Waals surface area (Å²) in [6.07, 6.45) is 0.0975. The molecule has 0 saturated carbocycles. The Hall–Kier alpha value is -1.48. The van der Waals surface area contributed by atoms with Crippen molar-refractivity contribution in [3.8, 4) is 0 Å². The molecule has 156 valence electrons. The quantitative estimate of drug-likeness (QED) is 0.749. The first kappa shape index (κ1) is 21.2. The number of morpholine rings is 1. The van der Waals surface area contributed by atoms with Crippen LogP contribution in [-0.2, 0) is 19.6 Å². The third-order valence-corrected chi connectivity index (χ3v) is 7.47. The first-order valence-corrected chi connectivity index (χ1v) is 11.3. The molecule has 0 aromatic heterocycles. The molecule has 28 heavy (non-hydrogen) atoms. The van der Waals surface area contributed by atoms with Crippen molar-refractivity contribution in [2.24, 2.45) is 0 Å². The van der Waals surface area contributed by atoms with Gasteiger partial charge in [-0.1, -0.05) is 6.07 Å². The maximum atomic E-state index is 12.9. The van der Waals surface area contributed by atoms with Gasteiger partial charge in [0.1, 0.15) is 0 Å². The van der Waals surface area contributed by atoms with Gasteiger partial charge in [-0.25, -0.2) is 8.42 Å². The molecule has 2 aliphatic heterocycles. The molecule has 2 fully saturated rings. The van der Waals surface area contributed by atoms with E-state index in [0.717, 1.165) is 11.1 Å². The van der Waals surface area contributed by atoms with Crippen LogP contribution in [0.4, 0.5) is 0 Å². The Morgan fingerprint density at radius 1 is 1.04 bits per heavy atom. The first-order chi connectivity index (χ1) is 13.2. The lowest BCUT2D eigenvalue weighted by molar-refractivity contribution is -0.144. The van der Waals surface area contributed by atoms with Crippen LogP contribution < -0.4 is 0 Å². The number of amides is 1. The lowest BCUT2D eigenvalue weighted by atomic mass is 10.1. The fourth-order valence-electron chi connectivity index (χ4n) is 3.82. The Bertz CT molecular complexity index is 809. The van der Waals surface area contributed by atoms with Crippen LogP contribution in [0.15, 0.2) is 23.1 Å². The number of ether oxygens (including phenoxy) is 1. The van der Waals surface area contributed by atoms with Gasteiger partial charge >= 0.3 is 0 Å². The summed E-state index contributed by atoms with van der Waals surface area (Å²) >= 11 is 0. The highest BCUT2D eigenvalue weighted by atomic mass is 32.2. The minimum absolute atomic E-state index is 0.0488. The lowest BCUT2D eigenvalue weighted by Gasteiger charge is -2.38. The van der Waals surface area contributed by atoms with Crippen molar-refractivity contribution in [2.45, 2.75) is 44.8 Å². The number of hydrogen-bond acceptors (Lipinski definition) is 5. The summed E-state index contributed by atoms with van der Waals surface area (Å²) < 4.78 is 33.0. The van der Waals surface area contributed by atoms with Crippen LogP contribution in [0.2, 0.25) is 0 Å². The van der Waals surface area contributed by atoms with E-state index in [4.69, 9.17) is 4.74 Å².